The molecular formula is C13H20N2O. The van der Waals surface area contributed by atoms with E-state index in [1.807, 2.05) is 6.07 Å². The van der Waals surface area contributed by atoms with E-state index >= 15 is 0 Å². The fraction of sp³-hybridized carbons (Fsp3) is 0.615. The Morgan fingerprint density at radius 1 is 1.50 bits per heavy atom. The largest absolute Gasteiger partial charge is 0.481 e. The third-order valence-corrected chi connectivity index (χ3v) is 3.44. The lowest BCUT2D eigenvalue weighted by atomic mass is 10.0. The van der Waals surface area contributed by atoms with Crippen molar-refractivity contribution in [3.8, 4) is 5.88 Å². The number of methoxy groups -OCH3 is 1. The Bertz CT molecular complexity index is 365. The first kappa shape index (κ1) is 11.4. The van der Waals surface area contributed by atoms with Crippen LogP contribution in [0.25, 0.3) is 0 Å². The molecule has 3 nitrogen and oxygen atoms in total. The highest BCUT2D eigenvalue weighted by molar-refractivity contribution is 5.28. The summed E-state index contributed by atoms with van der Waals surface area (Å²) in [5, 5.41) is 0. The van der Waals surface area contributed by atoms with E-state index in [1.165, 1.54) is 24.9 Å². The molecule has 0 saturated carbocycles. The number of aromatic nitrogens is 1. The molecule has 1 aromatic heterocycles. The van der Waals surface area contributed by atoms with Gasteiger partial charge in [-0.1, -0.05) is 13.0 Å². The highest BCUT2D eigenvalue weighted by atomic mass is 16.5. The molecule has 1 saturated heterocycles. The summed E-state index contributed by atoms with van der Waals surface area (Å²) < 4.78 is 5.14. The van der Waals surface area contributed by atoms with E-state index in [9.17, 15) is 0 Å². The van der Waals surface area contributed by atoms with Gasteiger partial charge in [0.1, 0.15) is 0 Å². The van der Waals surface area contributed by atoms with Gasteiger partial charge in [-0.25, -0.2) is 4.98 Å². The number of aryl methyl sites for hydroxylation is 1. The summed E-state index contributed by atoms with van der Waals surface area (Å²) in [6, 6.07) is 4.69. The maximum Gasteiger partial charge on any atom is 0.213 e. The first-order valence-corrected chi connectivity index (χ1v) is 6.01. The lowest BCUT2D eigenvalue weighted by Gasteiger charge is -2.24. The second-order valence-electron chi connectivity index (χ2n) is 4.31. The maximum atomic E-state index is 5.14. The third-order valence-electron chi connectivity index (χ3n) is 3.44. The molecule has 0 aliphatic carbocycles. The van der Waals surface area contributed by atoms with Crippen molar-refractivity contribution in [2.24, 2.45) is 0 Å². The zero-order valence-electron chi connectivity index (χ0n) is 10.4. The van der Waals surface area contributed by atoms with Crippen LogP contribution in [0.2, 0.25) is 0 Å². The van der Waals surface area contributed by atoms with Crippen LogP contribution in [0.4, 0.5) is 0 Å². The minimum absolute atomic E-state index is 0.559. The fourth-order valence-corrected chi connectivity index (χ4v) is 2.57. The molecule has 1 aromatic rings. The number of ether oxygens (including phenoxy) is 1. The molecule has 2 rings (SSSR count). The number of hydrogen-bond acceptors (Lipinski definition) is 3. The monoisotopic (exact) mass is 220 g/mol. The average Bonchev–Trinajstić information content (AvgIpc) is 2.76. The molecule has 0 aromatic carbocycles. The molecule has 1 aliphatic rings. The van der Waals surface area contributed by atoms with Crippen LogP contribution >= 0.6 is 0 Å². The fourth-order valence-electron chi connectivity index (χ4n) is 2.57. The molecule has 1 fully saturated rings. The number of hydrogen-bond donors (Lipinski definition) is 0. The van der Waals surface area contributed by atoms with Crippen LogP contribution in [0, 0.1) is 6.92 Å². The van der Waals surface area contributed by atoms with Gasteiger partial charge < -0.3 is 4.74 Å². The minimum atomic E-state index is 0.559. The Labute approximate surface area is 97.4 Å². The second kappa shape index (κ2) is 4.83. The maximum absolute atomic E-state index is 5.14. The molecule has 0 spiro atoms. The summed E-state index contributed by atoms with van der Waals surface area (Å²) in [7, 11) is 1.66. The van der Waals surface area contributed by atoms with Gasteiger partial charge in [0.25, 0.3) is 0 Å². The van der Waals surface area contributed by atoms with E-state index in [4.69, 9.17) is 4.74 Å². The third kappa shape index (κ3) is 2.05. The summed E-state index contributed by atoms with van der Waals surface area (Å²) >= 11 is 0. The molecule has 16 heavy (non-hydrogen) atoms. The molecule has 1 atom stereocenters. The minimum Gasteiger partial charge on any atom is -0.481 e. The van der Waals surface area contributed by atoms with Gasteiger partial charge >= 0.3 is 0 Å². The molecule has 0 unspecified atom stereocenters. The number of pyridine rings is 1. The van der Waals surface area contributed by atoms with Crippen molar-refractivity contribution in [2.75, 3.05) is 20.2 Å². The van der Waals surface area contributed by atoms with Gasteiger partial charge in [-0.15, -0.1) is 0 Å². The van der Waals surface area contributed by atoms with Gasteiger partial charge in [0.05, 0.1) is 7.11 Å². The van der Waals surface area contributed by atoms with Crippen molar-refractivity contribution in [1.29, 1.82) is 0 Å². The molecule has 0 radical (unpaired) electrons. The van der Waals surface area contributed by atoms with E-state index in [-0.39, 0.29) is 0 Å². The van der Waals surface area contributed by atoms with E-state index < -0.39 is 0 Å². The van der Waals surface area contributed by atoms with Gasteiger partial charge in [-0.2, -0.15) is 0 Å². The number of nitrogens with zero attached hydrogens (tertiary/aromatic N) is 2. The van der Waals surface area contributed by atoms with Crippen molar-refractivity contribution in [3.63, 3.8) is 0 Å². The van der Waals surface area contributed by atoms with Crippen LogP contribution in [-0.4, -0.2) is 30.1 Å². The topological polar surface area (TPSA) is 25.4 Å². The molecule has 88 valence electrons. The lowest BCUT2D eigenvalue weighted by molar-refractivity contribution is 0.270. The van der Waals surface area contributed by atoms with Crippen molar-refractivity contribution in [3.05, 3.63) is 23.4 Å². The molecule has 2 heterocycles. The van der Waals surface area contributed by atoms with Crippen molar-refractivity contribution >= 4 is 0 Å². The summed E-state index contributed by atoms with van der Waals surface area (Å²) in [6.45, 7) is 6.64. The predicted octanol–water partition coefficient (Wildman–Crippen LogP) is 2.56. The van der Waals surface area contributed by atoms with Crippen molar-refractivity contribution in [2.45, 2.75) is 32.7 Å². The van der Waals surface area contributed by atoms with Crippen molar-refractivity contribution < 1.29 is 4.74 Å². The molecule has 0 amide bonds. The molecular weight excluding hydrogens is 200 g/mol. The smallest absolute Gasteiger partial charge is 0.213 e. The van der Waals surface area contributed by atoms with Gasteiger partial charge in [-0.3, -0.25) is 4.90 Å². The Kier molecular flexibility index (Phi) is 3.44. The van der Waals surface area contributed by atoms with E-state index in [1.54, 1.807) is 7.11 Å². The molecule has 1 aliphatic heterocycles. The molecule has 0 bridgehead atoms. The normalized spacial score (nSPS) is 21.3. The van der Waals surface area contributed by atoms with E-state index in [0.717, 1.165) is 12.2 Å². The number of likely N-dealkylation sites (tertiary alicyclic amines) is 1. The predicted molar refractivity (Wildman–Crippen MR) is 64.7 cm³/mol. The zero-order valence-corrected chi connectivity index (χ0v) is 10.4. The Morgan fingerprint density at radius 3 is 2.94 bits per heavy atom. The lowest BCUT2D eigenvalue weighted by Crippen LogP contribution is -2.23. The molecule has 3 heteroatoms. The first-order chi connectivity index (χ1) is 7.76. The first-order valence-electron chi connectivity index (χ1n) is 6.01. The summed E-state index contributed by atoms with van der Waals surface area (Å²) in [5.41, 5.74) is 2.46. The van der Waals surface area contributed by atoms with Gasteiger partial charge in [0, 0.05) is 17.8 Å². The van der Waals surface area contributed by atoms with Crippen molar-refractivity contribution in [1.82, 2.24) is 9.88 Å². The Hall–Kier alpha value is -1.09. The highest BCUT2D eigenvalue weighted by Crippen LogP contribution is 2.33. The van der Waals surface area contributed by atoms with Crippen LogP contribution in [0.5, 0.6) is 5.88 Å². The molecule has 0 N–H and O–H groups in total. The van der Waals surface area contributed by atoms with Crippen LogP contribution < -0.4 is 4.74 Å². The summed E-state index contributed by atoms with van der Waals surface area (Å²) in [4.78, 5) is 6.98. The highest BCUT2D eigenvalue weighted by Gasteiger charge is 2.26. The summed E-state index contributed by atoms with van der Waals surface area (Å²) in [5.74, 6) is 0.710. The van der Waals surface area contributed by atoms with Crippen LogP contribution in [0.1, 0.15) is 37.1 Å². The Balaban J connectivity index is 2.26. The van der Waals surface area contributed by atoms with Crippen LogP contribution in [0.15, 0.2) is 12.1 Å². The second-order valence-corrected chi connectivity index (χ2v) is 4.31. The van der Waals surface area contributed by atoms with Gasteiger partial charge in [-0.05, 0) is 38.4 Å². The SMILES string of the molecule is CCN1CCC[C@H]1c1ccc(OC)nc1C. The standard InChI is InChI=1S/C13H20N2O/c1-4-15-9-5-6-12(15)11-7-8-13(16-3)14-10(11)2/h7-8,12H,4-6,9H2,1-3H3/t12-/m0/s1. The van der Waals surface area contributed by atoms with Crippen LogP contribution in [0.3, 0.4) is 0 Å². The van der Waals surface area contributed by atoms with E-state index in [0.29, 0.717) is 11.9 Å². The summed E-state index contributed by atoms with van der Waals surface area (Å²) in [6.07, 6.45) is 2.55. The van der Waals surface area contributed by atoms with Crippen LogP contribution in [-0.2, 0) is 0 Å². The quantitative estimate of drug-likeness (QED) is 0.782. The van der Waals surface area contributed by atoms with Gasteiger partial charge in [0.15, 0.2) is 0 Å². The Morgan fingerprint density at radius 2 is 2.31 bits per heavy atom. The number of rotatable bonds is 3. The van der Waals surface area contributed by atoms with Gasteiger partial charge in [0.2, 0.25) is 5.88 Å². The van der Waals surface area contributed by atoms with E-state index in [2.05, 4.69) is 29.8 Å². The zero-order chi connectivity index (χ0) is 11.5. The average molecular weight is 220 g/mol.